The van der Waals surface area contributed by atoms with Crippen molar-refractivity contribution in [2.24, 2.45) is 0 Å². The number of likely N-dealkylation sites (tertiary alicyclic amines) is 1. The van der Waals surface area contributed by atoms with Crippen molar-refractivity contribution in [3.05, 3.63) is 77.4 Å². The molecule has 0 aliphatic carbocycles. The number of rotatable bonds is 9. The molecule has 1 fully saturated rings. The fraction of sp³-hybridized carbons (Fsp3) is 0.261. The first-order chi connectivity index (χ1) is 18.4. The van der Waals surface area contributed by atoms with Gasteiger partial charge in [0.05, 0.1) is 0 Å². The van der Waals surface area contributed by atoms with Crippen LogP contribution in [0.5, 0.6) is 0 Å². The van der Waals surface area contributed by atoms with Crippen molar-refractivity contribution in [3.63, 3.8) is 0 Å². The molecule has 0 bridgehead atoms. The average molecular weight is 575 g/mol. The van der Waals surface area contributed by atoms with Gasteiger partial charge in [0.25, 0.3) is 5.95 Å². The molecular formula is C23H19F6N5O4S. The fourth-order valence-electron chi connectivity index (χ4n) is 3.62. The molecule has 2 heterocycles. The molecule has 3 aromatic rings. The van der Waals surface area contributed by atoms with Gasteiger partial charge in [0.1, 0.15) is 17.5 Å². The molecule has 0 saturated carbocycles. The molecule has 1 aliphatic heterocycles. The summed E-state index contributed by atoms with van der Waals surface area (Å²) in [5.74, 6) is -8.17. The Bertz CT molecular complexity index is 1450. The highest BCUT2D eigenvalue weighted by molar-refractivity contribution is 7.92. The zero-order valence-electron chi connectivity index (χ0n) is 19.8. The second kappa shape index (κ2) is 11.1. The molecule has 39 heavy (non-hydrogen) atoms. The summed E-state index contributed by atoms with van der Waals surface area (Å²) in [5.41, 5.74) is 0.581. The fourth-order valence-corrected chi connectivity index (χ4v) is 4.87. The van der Waals surface area contributed by atoms with Gasteiger partial charge in [-0.2, -0.15) is 21.6 Å². The van der Waals surface area contributed by atoms with Crippen molar-refractivity contribution in [3.8, 4) is 0 Å². The van der Waals surface area contributed by atoms with Crippen molar-refractivity contribution in [2.75, 3.05) is 22.9 Å². The normalized spacial score (nSPS) is 14.0. The number of nitrogens with zero attached hydrogens (tertiary/aromatic N) is 4. The summed E-state index contributed by atoms with van der Waals surface area (Å²) in [4.78, 5) is 22.4. The molecule has 1 aromatic heterocycles. The quantitative estimate of drug-likeness (QED) is 0.303. The molecule has 0 unspecified atom stereocenters. The van der Waals surface area contributed by atoms with Gasteiger partial charge in [-0.25, -0.2) is 27.9 Å². The van der Waals surface area contributed by atoms with E-state index in [1.165, 1.54) is 12.1 Å². The Morgan fingerprint density at radius 1 is 1.03 bits per heavy atom. The van der Waals surface area contributed by atoms with Gasteiger partial charge in [0.2, 0.25) is 0 Å². The Morgan fingerprint density at radius 3 is 2.23 bits per heavy atom. The van der Waals surface area contributed by atoms with Crippen molar-refractivity contribution < 1.29 is 44.4 Å². The van der Waals surface area contributed by atoms with Gasteiger partial charge < -0.3 is 10.2 Å². The molecule has 0 radical (unpaired) electrons. The van der Waals surface area contributed by atoms with Crippen molar-refractivity contribution >= 4 is 27.6 Å². The molecule has 2 aromatic carbocycles. The summed E-state index contributed by atoms with van der Waals surface area (Å²) >= 11 is 0. The van der Waals surface area contributed by atoms with E-state index in [9.17, 15) is 39.6 Å². The SMILES string of the molecule is O=C(ON(c1ncccn1)S(=O)(=O)c1c(F)cc(NCc2c(F)cccc2CN2CCC2)cc1F)C(F)(F)F. The van der Waals surface area contributed by atoms with E-state index in [0.717, 1.165) is 38.0 Å². The smallest absolute Gasteiger partial charge is 0.381 e. The summed E-state index contributed by atoms with van der Waals surface area (Å²) in [6, 6.07) is 6.70. The van der Waals surface area contributed by atoms with Crippen LogP contribution in [-0.4, -0.2) is 48.5 Å². The largest absolute Gasteiger partial charge is 0.493 e. The lowest BCUT2D eigenvalue weighted by atomic mass is 10.0. The lowest BCUT2D eigenvalue weighted by Crippen LogP contribution is -2.40. The molecule has 0 spiro atoms. The molecule has 208 valence electrons. The van der Waals surface area contributed by atoms with Gasteiger partial charge in [-0.15, -0.1) is 0 Å². The molecule has 1 N–H and O–H groups in total. The van der Waals surface area contributed by atoms with Gasteiger partial charge in [-0.3, -0.25) is 4.90 Å². The maximum absolute atomic E-state index is 15.0. The first kappa shape index (κ1) is 28.1. The number of benzene rings is 2. The Morgan fingerprint density at radius 2 is 1.67 bits per heavy atom. The second-order valence-electron chi connectivity index (χ2n) is 8.29. The Labute approximate surface area is 218 Å². The predicted octanol–water partition coefficient (Wildman–Crippen LogP) is 3.93. The first-order valence-electron chi connectivity index (χ1n) is 11.2. The van der Waals surface area contributed by atoms with E-state index < -0.39 is 54.9 Å². The number of sulfonamides is 1. The van der Waals surface area contributed by atoms with Crippen LogP contribution in [0.25, 0.3) is 0 Å². The monoisotopic (exact) mass is 575 g/mol. The lowest BCUT2D eigenvalue weighted by Gasteiger charge is -2.31. The highest BCUT2D eigenvalue weighted by Crippen LogP contribution is 2.30. The Kier molecular flexibility index (Phi) is 7.96. The average Bonchev–Trinajstić information content (AvgIpc) is 2.83. The van der Waals surface area contributed by atoms with E-state index in [0.29, 0.717) is 24.2 Å². The molecular weight excluding hydrogens is 556 g/mol. The number of halogens is 6. The van der Waals surface area contributed by atoms with E-state index in [4.69, 9.17) is 0 Å². The van der Waals surface area contributed by atoms with E-state index in [1.54, 1.807) is 6.07 Å². The number of aromatic nitrogens is 2. The summed E-state index contributed by atoms with van der Waals surface area (Å²) < 4.78 is 108. The minimum atomic E-state index is -5.66. The third-order valence-electron chi connectivity index (χ3n) is 5.62. The minimum Gasteiger partial charge on any atom is -0.381 e. The number of hydrogen-bond donors (Lipinski definition) is 1. The zero-order valence-corrected chi connectivity index (χ0v) is 20.6. The van der Waals surface area contributed by atoms with E-state index in [-0.39, 0.29) is 17.8 Å². The maximum atomic E-state index is 15.0. The van der Waals surface area contributed by atoms with Gasteiger partial charge >= 0.3 is 22.2 Å². The lowest BCUT2D eigenvalue weighted by molar-refractivity contribution is -0.199. The van der Waals surface area contributed by atoms with Crippen LogP contribution >= 0.6 is 0 Å². The van der Waals surface area contributed by atoms with Crippen molar-refractivity contribution in [2.45, 2.75) is 30.6 Å². The highest BCUT2D eigenvalue weighted by atomic mass is 32.2. The summed E-state index contributed by atoms with van der Waals surface area (Å²) in [6.45, 7) is 1.94. The van der Waals surface area contributed by atoms with Crippen LogP contribution in [-0.2, 0) is 32.7 Å². The van der Waals surface area contributed by atoms with Crippen LogP contribution in [0, 0.1) is 17.5 Å². The van der Waals surface area contributed by atoms with E-state index in [2.05, 4.69) is 25.0 Å². The standard InChI is InChI=1S/C23H19F6N5O4S/c24-17-5-1-4-14(13-33-8-3-9-33)16(17)12-32-15-10-18(25)20(19(26)11-15)39(36,37)34(22-30-6-2-7-31-22)38-21(35)23(27,28)29/h1-2,4-7,10-11,32H,3,8-9,12-13H2. The van der Waals surface area contributed by atoms with Crippen LogP contribution in [0.1, 0.15) is 17.5 Å². The van der Waals surface area contributed by atoms with E-state index >= 15 is 0 Å². The third kappa shape index (κ3) is 6.22. The molecule has 4 rings (SSSR count). The summed E-state index contributed by atoms with van der Waals surface area (Å²) in [5, 5.41) is 2.62. The predicted molar refractivity (Wildman–Crippen MR) is 124 cm³/mol. The topological polar surface area (TPSA) is 105 Å². The molecule has 16 heteroatoms. The Balaban J connectivity index is 1.62. The number of nitrogens with one attached hydrogen (secondary N) is 1. The summed E-state index contributed by atoms with van der Waals surface area (Å²) in [7, 11) is -5.66. The van der Waals surface area contributed by atoms with Gasteiger partial charge in [-0.1, -0.05) is 16.6 Å². The molecule has 1 saturated heterocycles. The van der Waals surface area contributed by atoms with Crippen molar-refractivity contribution in [1.29, 1.82) is 0 Å². The van der Waals surface area contributed by atoms with Gasteiger partial charge in [0.15, 0.2) is 4.90 Å². The third-order valence-corrected chi connectivity index (χ3v) is 7.20. The molecule has 9 nitrogen and oxygen atoms in total. The first-order valence-corrected chi connectivity index (χ1v) is 12.6. The maximum Gasteiger partial charge on any atom is 0.493 e. The zero-order chi connectivity index (χ0) is 28.4. The number of carbonyl (C=O) groups is 1. The van der Waals surface area contributed by atoms with Gasteiger partial charge in [0, 0.05) is 36.7 Å². The Hall–Kier alpha value is -3.92. The molecule has 0 amide bonds. The number of hydrogen-bond acceptors (Lipinski definition) is 8. The van der Waals surface area contributed by atoms with Crippen LogP contribution in [0.3, 0.4) is 0 Å². The van der Waals surface area contributed by atoms with Crippen LogP contribution in [0.2, 0.25) is 0 Å². The van der Waals surface area contributed by atoms with Crippen molar-refractivity contribution in [1.82, 2.24) is 14.9 Å². The molecule has 0 atom stereocenters. The summed E-state index contributed by atoms with van der Waals surface area (Å²) in [6.07, 6.45) is -2.86. The highest BCUT2D eigenvalue weighted by Gasteiger charge is 2.46. The van der Waals surface area contributed by atoms with E-state index in [1.807, 2.05) is 0 Å². The number of anilines is 2. The minimum absolute atomic E-state index is 0.214. The van der Waals surface area contributed by atoms with Gasteiger partial charge in [-0.05, 0) is 49.3 Å². The second-order valence-corrected chi connectivity index (χ2v) is 9.98. The van der Waals surface area contributed by atoms with Crippen LogP contribution < -0.4 is 9.79 Å². The molecule has 1 aliphatic rings. The number of carbonyl (C=O) groups excluding carboxylic acids is 1. The van der Waals surface area contributed by atoms with Crippen LogP contribution in [0.4, 0.5) is 38.0 Å². The number of alkyl halides is 3. The van der Waals surface area contributed by atoms with Crippen LogP contribution in [0.15, 0.2) is 53.7 Å².